The maximum Gasteiger partial charge on any atom is 0.270 e. The van der Waals surface area contributed by atoms with E-state index in [9.17, 15) is 13.2 Å². The predicted molar refractivity (Wildman–Crippen MR) is 66.9 cm³/mol. The van der Waals surface area contributed by atoms with E-state index in [2.05, 4.69) is 0 Å². The summed E-state index contributed by atoms with van der Waals surface area (Å²) in [4.78, 5) is 0. The van der Waals surface area contributed by atoms with Gasteiger partial charge in [-0.3, -0.25) is 0 Å². The Kier molecular flexibility index (Phi) is 3.51. The molecule has 1 aromatic rings. The second-order valence-electron chi connectivity index (χ2n) is 5.29. The predicted octanol–water partition coefficient (Wildman–Crippen LogP) is 3.67. The standard InChI is InChI=1S/C14H18F3NO/c1-13(16,17)9-7-10(12(19-2)11(15)8-9)14(18)5-3-4-6-14/h7-8H,3-6,18H2,1-2H3. The summed E-state index contributed by atoms with van der Waals surface area (Å²) in [6, 6.07) is 2.11. The smallest absolute Gasteiger partial charge is 0.270 e. The summed E-state index contributed by atoms with van der Waals surface area (Å²) in [6.07, 6.45) is 3.13. The summed E-state index contributed by atoms with van der Waals surface area (Å²) >= 11 is 0. The van der Waals surface area contributed by atoms with Gasteiger partial charge in [0, 0.05) is 23.6 Å². The van der Waals surface area contributed by atoms with Crippen molar-refractivity contribution in [2.75, 3.05) is 7.11 Å². The van der Waals surface area contributed by atoms with Gasteiger partial charge in [0.1, 0.15) is 0 Å². The van der Waals surface area contributed by atoms with E-state index in [1.54, 1.807) is 0 Å². The lowest BCUT2D eigenvalue weighted by atomic mass is 9.86. The molecule has 2 nitrogen and oxygen atoms in total. The molecule has 19 heavy (non-hydrogen) atoms. The number of rotatable bonds is 3. The van der Waals surface area contributed by atoms with Crippen LogP contribution in [0.15, 0.2) is 12.1 Å². The minimum absolute atomic E-state index is 0.0163. The van der Waals surface area contributed by atoms with Gasteiger partial charge >= 0.3 is 0 Å². The molecule has 0 spiro atoms. The van der Waals surface area contributed by atoms with Crippen LogP contribution < -0.4 is 10.5 Å². The molecule has 5 heteroatoms. The molecule has 1 aromatic carbocycles. The maximum atomic E-state index is 14.0. The fourth-order valence-electron chi connectivity index (χ4n) is 2.70. The van der Waals surface area contributed by atoms with Crippen molar-refractivity contribution in [2.24, 2.45) is 5.73 Å². The molecular weight excluding hydrogens is 255 g/mol. The van der Waals surface area contributed by atoms with Crippen molar-refractivity contribution in [3.63, 3.8) is 0 Å². The van der Waals surface area contributed by atoms with E-state index in [0.29, 0.717) is 18.4 Å². The van der Waals surface area contributed by atoms with Gasteiger partial charge in [-0.25, -0.2) is 13.2 Å². The van der Waals surface area contributed by atoms with Crippen LogP contribution >= 0.6 is 0 Å². The van der Waals surface area contributed by atoms with E-state index < -0.39 is 17.3 Å². The largest absolute Gasteiger partial charge is 0.493 e. The molecule has 106 valence electrons. The van der Waals surface area contributed by atoms with Crippen molar-refractivity contribution < 1.29 is 17.9 Å². The van der Waals surface area contributed by atoms with Gasteiger partial charge in [-0.2, -0.15) is 0 Å². The summed E-state index contributed by atoms with van der Waals surface area (Å²) in [6.45, 7) is 0.746. The van der Waals surface area contributed by atoms with Crippen LogP contribution in [0.2, 0.25) is 0 Å². The van der Waals surface area contributed by atoms with Gasteiger partial charge in [0.05, 0.1) is 7.11 Å². The van der Waals surface area contributed by atoms with Crippen molar-refractivity contribution in [2.45, 2.75) is 44.1 Å². The molecule has 0 saturated heterocycles. The molecular formula is C14H18F3NO. The Labute approximate surface area is 110 Å². The van der Waals surface area contributed by atoms with Gasteiger partial charge in [0.2, 0.25) is 0 Å². The molecule has 0 bridgehead atoms. The van der Waals surface area contributed by atoms with E-state index in [1.807, 2.05) is 0 Å². The highest BCUT2D eigenvalue weighted by Gasteiger charge is 2.37. The van der Waals surface area contributed by atoms with Crippen LogP contribution in [-0.2, 0) is 11.5 Å². The van der Waals surface area contributed by atoms with E-state index in [0.717, 1.165) is 25.8 Å². The zero-order valence-corrected chi connectivity index (χ0v) is 11.1. The number of hydrogen-bond donors (Lipinski definition) is 1. The van der Waals surface area contributed by atoms with Crippen molar-refractivity contribution in [1.82, 2.24) is 0 Å². The minimum atomic E-state index is -3.10. The highest BCUT2D eigenvalue weighted by atomic mass is 19.3. The van der Waals surface area contributed by atoms with Crippen molar-refractivity contribution in [1.29, 1.82) is 0 Å². The molecule has 2 rings (SSSR count). The van der Waals surface area contributed by atoms with Crippen molar-refractivity contribution in [3.05, 3.63) is 29.1 Å². The van der Waals surface area contributed by atoms with Crippen LogP contribution in [0.25, 0.3) is 0 Å². The van der Waals surface area contributed by atoms with Crippen LogP contribution in [0.3, 0.4) is 0 Å². The lowest BCUT2D eigenvalue weighted by molar-refractivity contribution is 0.0169. The number of benzene rings is 1. The fourth-order valence-corrected chi connectivity index (χ4v) is 2.70. The van der Waals surface area contributed by atoms with E-state index in [-0.39, 0.29) is 11.3 Å². The third-order valence-electron chi connectivity index (χ3n) is 3.79. The molecule has 1 aliphatic carbocycles. The highest BCUT2D eigenvalue weighted by Crippen LogP contribution is 2.43. The number of methoxy groups -OCH3 is 1. The summed E-state index contributed by atoms with van der Waals surface area (Å²) < 4.78 is 45.8. The van der Waals surface area contributed by atoms with Crippen LogP contribution in [-0.4, -0.2) is 7.11 Å². The van der Waals surface area contributed by atoms with Gasteiger partial charge in [0.15, 0.2) is 11.6 Å². The van der Waals surface area contributed by atoms with Gasteiger partial charge < -0.3 is 10.5 Å². The van der Waals surface area contributed by atoms with Crippen LogP contribution in [0, 0.1) is 5.82 Å². The fraction of sp³-hybridized carbons (Fsp3) is 0.571. The van der Waals surface area contributed by atoms with Crippen molar-refractivity contribution >= 4 is 0 Å². The van der Waals surface area contributed by atoms with Gasteiger partial charge in [-0.1, -0.05) is 12.8 Å². The van der Waals surface area contributed by atoms with Crippen LogP contribution in [0.4, 0.5) is 13.2 Å². The summed E-state index contributed by atoms with van der Waals surface area (Å²) in [5.41, 5.74) is 5.46. The molecule has 0 aromatic heterocycles. The van der Waals surface area contributed by atoms with Crippen LogP contribution in [0.1, 0.15) is 43.7 Å². The first-order valence-electron chi connectivity index (χ1n) is 6.33. The first-order valence-corrected chi connectivity index (χ1v) is 6.33. The minimum Gasteiger partial charge on any atom is -0.493 e. The molecule has 1 aliphatic rings. The number of ether oxygens (including phenoxy) is 1. The Hall–Kier alpha value is -1.23. The molecule has 0 heterocycles. The van der Waals surface area contributed by atoms with E-state index >= 15 is 0 Å². The Bertz CT molecular complexity index is 476. The summed E-state index contributed by atoms with van der Waals surface area (Å²) in [7, 11) is 1.32. The van der Waals surface area contributed by atoms with Crippen molar-refractivity contribution in [3.8, 4) is 5.75 Å². The van der Waals surface area contributed by atoms with Crippen LogP contribution in [0.5, 0.6) is 5.75 Å². The number of nitrogens with two attached hydrogens (primary N) is 1. The normalized spacial score (nSPS) is 18.6. The number of halogens is 3. The zero-order valence-electron chi connectivity index (χ0n) is 11.1. The third kappa shape index (κ3) is 2.56. The molecule has 2 N–H and O–H groups in total. The quantitative estimate of drug-likeness (QED) is 0.912. The second kappa shape index (κ2) is 4.71. The lowest BCUT2D eigenvalue weighted by Crippen LogP contribution is -2.34. The topological polar surface area (TPSA) is 35.2 Å². The lowest BCUT2D eigenvalue weighted by Gasteiger charge is -2.28. The summed E-state index contributed by atoms with van der Waals surface area (Å²) in [5, 5.41) is 0. The van der Waals surface area contributed by atoms with Gasteiger partial charge in [-0.15, -0.1) is 0 Å². The number of hydrogen-bond acceptors (Lipinski definition) is 2. The Morgan fingerprint density at radius 3 is 2.32 bits per heavy atom. The van der Waals surface area contributed by atoms with E-state index in [1.165, 1.54) is 13.2 Å². The molecule has 0 atom stereocenters. The third-order valence-corrected chi connectivity index (χ3v) is 3.79. The Morgan fingerprint density at radius 2 is 1.84 bits per heavy atom. The Morgan fingerprint density at radius 1 is 1.26 bits per heavy atom. The molecule has 0 unspecified atom stereocenters. The first-order chi connectivity index (χ1) is 8.78. The SMILES string of the molecule is COc1c(F)cc(C(C)(F)F)cc1C1(N)CCCC1. The van der Waals surface area contributed by atoms with E-state index in [4.69, 9.17) is 10.5 Å². The molecule has 0 aliphatic heterocycles. The molecule has 0 amide bonds. The second-order valence-corrected chi connectivity index (χ2v) is 5.29. The average molecular weight is 273 g/mol. The maximum absolute atomic E-state index is 14.0. The molecule has 1 fully saturated rings. The highest BCUT2D eigenvalue weighted by molar-refractivity contribution is 5.45. The number of alkyl halides is 2. The average Bonchev–Trinajstić information content (AvgIpc) is 2.75. The summed E-state index contributed by atoms with van der Waals surface area (Å²) in [5.74, 6) is -3.90. The van der Waals surface area contributed by atoms with Gasteiger partial charge in [-0.05, 0) is 25.0 Å². The van der Waals surface area contributed by atoms with Gasteiger partial charge in [0.25, 0.3) is 5.92 Å². The molecule has 1 saturated carbocycles. The first kappa shape index (κ1) is 14.2. The molecule has 0 radical (unpaired) electrons. The Balaban J connectivity index is 2.60. The zero-order chi connectivity index (χ0) is 14.3. The monoisotopic (exact) mass is 273 g/mol.